The minimum absolute atomic E-state index is 0.281. The van der Waals surface area contributed by atoms with Crippen LogP contribution in [0.4, 0.5) is 4.39 Å². The van der Waals surface area contributed by atoms with Gasteiger partial charge in [0.25, 0.3) is 0 Å². The topological polar surface area (TPSA) is 42.1 Å². The number of hydrogen-bond donors (Lipinski definition) is 1. The summed E-state index contributed by atoms with van der Waals surface area (Å²) in [7, 11) is 0. The molecule has 1 aromatic heterocycles. The lowest BCUT2D eigenvalue weighted by Gasteiger charge is -2.20. The summed E-state index contributed by atoms with van der Waals surface area (Å²) in [5.41, 5.74) is 6.41. The Kier molecular flexibility index (Phi) is 5.21. The summed E-state index contributed by atoms with van der Waals surface area (Å²) in [6, 6.07) is 1.52. The second kappa shape index (κ2) is 6.48. The Morgan fingerprint density at radius 3 is 2.80 bits per heavy atom. The Balaban J connectivity index is 2.56. The van der Waals surface area contributed by atoms with Crippen molar-refractivity contribution >= 4 is 0 Å². The maximum Gasteiger partial charge on any atom is 0.141 e. The maximum absolute atomic E-state index is 12.9. The fourth-order valence-corrected chi connectivity index (χ4v) is 1.57. The highest BCUT2D eigenvalue weighted by Gasteiger charge is 2.04. The van der Waals surface area contributed by atoms with E-state index in [0.29, 0.717) is 6.54 Å². The molecule has 1 heterocycles. The van der Waals surface area contributed by atoms with Crippen molar-refractivity contribution in [2.45, 2.75) is 19.9 Å². The first kappa shape index (κ1) is 12.1. The summed E-state index contributed by atoms with van der Waals surface area (Å²) in [6.45, 7) is 5.28. The van der Waals surface area contributed by atoms with Crippen molar-refractivity contribution in [3.8, 4) is 0 Å². The largest absolute Gasteiger partial charge is 0.329 e. The van der Waals surface area contributed by atoms with E-state index in [1.54, 1.807) is 6.20 Å². The summed E-state index contributed by atoms with van der Waals surface area (Å²) >= 11 is 0. The predicted octanol–water partition coefficient (Wildman–Crippen LogP) is 1.39. The van der Waals surface area contributed by atoms with Crippen LogP contribution < -0.4 is 5.73 Å². The fourth-order valence-electron chi connectivity index (χ4n) is 1.57. The third kappa shape index (κ3) is 4.36. The van der Waals surface area contributed by atoms with Crippen LogP contribution in [0, 0.1) is 5.82 Å². The van der Waals surface area contributed by atoms with Gasteiger partial charge in [0.1, 0.15) is 5.82 Å². The lowest BCUT2D eigenvalue weighted by molar-refractivity contribution is 0.273. The Bertz CT molecular complexity index is 285. The molecule has 0 atom stereocenters. The standard InChI is InChI=1S/C11H18FN3/c1-2-4-15(5-3-13)9-10-6-11(12)8-14-7-10/h6-8H,2-5,9,13H2,1H3. The van der Waals surface area contributed by atoms with Crippen LogP contribution in [0.15, 0.2) is 18.5 Å². The zero-order valence-corrected chi connectivity index (χ0v) is 9.12. The van der Waals surface area contributed by atoms with Gasteiger partial charge in [0, 0.05) is 25.8 Å². The molecule has 0 aromatic carbocycles. The molecule has 84 valence electrons. The zero-order valence-electron chi connectivity index (χ0n) is 9.12. The molecule has 4 heteroatoms. The molecule has 0 aliphatic heterocycles. The molecule has 0 radical (unpaired) electrons. The normalized spacial score (nSPS) is 10.9. The highest BCUT2D eigenvalue weighted by Crippen LogP contribution is 2.05. The van der Waals surface area contributed by atoms with Crippen molar-refractivity contribution in [2.75, 3.05) is 19.6 Å². The fraction of sp³-hybridized carbons (Fsp3) is 0.545. The van der Waals surface area contributed by atoms with Crippen molar-refractivity contribution in [3.63, 3.8) is 0 Å². The van der Waals surface area contributed by atoms with Crippen molar-refractivity contribution in [2.24, 2.45) is 5.73 Å². The van der Waals surface area contributed by atoms with Crippen LogP contribution in [0.3, 0.4) is 0 Å². The van der Waals surface area contributed by atoms with Crippen LogP contribution in [0.25, 0.3) is 0 Å². The van der Waals surface area contributed by atoms with E-state index in [1.165, 1.54) is 12.3 Å². The quantitative estimate of drug-likeness (QED) is 0.773. The first-order chi connectivity index (χ1) is 7.26. The monoisotopic (exact) mass is 211 g/mol. The second-order valence-electron chi connectivity index (χ2n) is 3.58. The van der Waals surface area contributed by atoms with E-state index >= 15 is 0 Å². The van der Waals surface area contributed by atoms with Gasteiger partial charge in [0.2, 0.25) is 0 Å². The van der Waals surface area contributed by atoms with Gasteiger partial charge in [-0.1, -0.05) is 6.92 Å². The summed E-state index contributed by atoms with van der Waals surface area (Å²) in [5, 5.41) is 0. The lowest BCUT2D eigenvalue weighted by Crippen LogP contribution is -2.29. The van der Waals surface area contributed by atoms with Gasteiger partial charge in [-0.25, -0.2) is 4.39 Å². The van der Waals surface area contributed by atoms with Gasteiger partial charge < -0.3 is 5.73 Å². The van der Waals surface area contributed by atoms with E-state index in [2.05, 4.69) is 16.8 Å². The minimum Gasteiger partial charge on any atom is -0.329 e. The smallest absolute Gasteiger partial charge is 0.141 e. The van der Waals surface area contributed by atoms with Crippen LogP contribution in [0.2, 0.25) is 0 Å². The number of nitrogens with zero attached hydrogens (tertiary/aromatic N) is 2. The van der Waals surface area contributed by atoms with Gasteiger partial charge in [-0.2, -0.15) is 0 Å². The van der Waals surface area contributed by atoms with Crippen LogP contribution in [-0.4, -0.2) is 29.5 Å². The van der Waals surface area contributed by atoms with Crippen molar-refractivity contribution < 1.29 is 4.39 Å². The molecule has 0 saturated carbocycles. The third-order valence-electron chi connectivity index (χ3n) is 2.15. The Morgan fingerprint density at radius 1 is 1.40 bits per heavy atom. The van der Waals surface area contributed by atoms with Gasteiger partial charge in [0.05, 0.1) is 6.20 Å². The molecule has 0 amide bonds. The summed E-state index contributed by atoms with van der Waals surface area (Å²) in [6.07, 6.45) is 3.99. The van der Waals surface area contributed by atoms with Crippen LogP contribution >= 0.6 is 0 Å². The number of hydrogen-bond acceptors (Lipinski definition) is 3. The highest BCUT2D eigenvalue weighted by atomic mass is 19.1. The minimum atomic E-state index is -0.281. The Morgan fingerprint density at radius 2 is 2.20 bits per heavy atom. The molecule has 2 N–H and O–H groups in total. The van der Waals surface area contributed by atoms with Crippen LogP contribution in [-0.2, 0) is 6.54 Å². The van der Waals surface area contributed by atoms with E-state index in [9.17, 15) is 4.39 Å². The average molecular weight is 211 g/mol. The van der Waals surface area contributed by atoms with Gasteiger partial charge >= 0.3 is 0 Å². The molecule has 0 bridgehead atoms. The first-order valence-electron chi connectivity index (χ1n) is 5.28. The van der Waals surface area contributed by atoms with Crippen LogP contribution in [0.1, 0.15) is 18.9 Å². The summed E-state index contributed by atoms with van der Waals surface area (Å²) in [4.78, 5) is 6.03. The van der Waals surface area contributed by atoms with E-state index in [-0.39, 0.29) is 5.82 Å². The Hall–Kier alpha value is -1.00. The van der Waals surface area contributed by atoms with E-state index in [0.717, 1.165) is 31.6 Å². The lowest BCUT2D eigenvalue weighted by atomic mass is 10.2. The number of rotatable bonds is 6. The van der Waals surface area contributed by atoms with E-state index in [1.807, 2.05) is 0 Å². The van der Waals surface area contributed by atoms with Gasteiger partial charge in [-0.05, 0) is 24.6 Å². The molecule has 1 rings (SSSR count). The second-order valence-corrected chi connectivity index (χ2v) is 3.58. The third-order valence-corrected chi connectivity index (χ3v) is 2.15. The van der Waals surface area contributed by atoms with Crippen molar-refractivity contribution in [1.82, 2.24) is 9.88 Å². The maximum atomic E-state index is 12.9. The zero-order chi connectivity index (χ0) is 11.1. The van der Waals surface area contributed by atoms with Gasteiger partial charge in [0.15, 0.2) is 0 Å². The van der Waals surface area contributed by atoms with Gasteiger partial charge in [-0.3, -0.25) is 9.88 Å². The van der Waals surface area contributed by atoms with Crippen molar-refractivity contribution in [3.05, 3.63) is 29.8 Å². The molecule has 0 spiro atoms. The number of aromatic nitrogens is 1. The summed E-state index contributed by atoms with van der Waals surface area (Å²) in [5.74, 6) is -0.281. The molecule has 0 aliphatic rings. The number of pyridine rings is 1. The number of nitrogens with two attached hydrogens (primary N) is 1. The molecule has 0 unspecified atom stereocenters. The van der Waals surface area contributed by atoms with E-state index in [4.69, 9.17) is 5.73 Å². The molecule has 3 nitrogen and oxygen atoms in total. The highest BCUT2D eigenvalue weighted by molar-refractivity contribution is 5.09. The number of halogens is 1. The molecule has 0 fully saturated rings. The molecule has 0 saturated heterocycles. The molecule has 0 aliphatic carbocycles. The average Bonchev–Trinajstić information content (AvgIpc) is 2.18. The van der Waals surface area contributed by atoms with Crippen LogP contribution in [0.5, 0.6) is 0 Å². The van der Waals surface area contributed by atoms with E-state index < -0.39 is 0 Å². The SMILES string of the molecule is CCCN(CCN)Cc1cncc(F)c1. The molecular weight excluding hydrogens is 193 g/mol. The van der Waals surface area contributed by atoms with Gasteiger partial charge in [-0.15, -0.1) is 0 Å². The van der Waals surface area contributed by atoms with Crippen molar-refractivity contribution in [1.29, 1.82) is 0 Å². The predicted molar refractivity (Wildman–Crippen MR) is 58.8 cm³/mol. The molecular formula is C11H18FN3. The molecule has 1 aromatic rings. The first-order valence-corrected chi connectivity index (χ1v) is 5.28. The molecule has 15 heavy (non-hydrogen) atoms. The Labute approximate surface area is 90.1 Å². The summed E-state index contributed by atoms with van der Waals surface area (Å²) < 4.78 is 12.9.